The summed E-state index contributed by atoms with van der Waals surface area (Å²) in [4.78, 5) is 4.41. The molecule has 2 unspecified atom stereocenters. The van der Waals surface area contributed by atoms with Gasteiger partial charge in [0.25, 0.3) is 0 Å². The molecule has 0 saturated heterocycles. The molecule has 3 heteroatoms. The van der Waals surface area contributed by atoms with Crippen molar-refractivity contribution in [2.75, 3.05) is 6.54 Å². The summed E-state index contributed by atoms with van der Waals surface area (Å²) in [5.41, 5.74) is 8.12. The Bertz CT molecular complexity index is 541. The van der Waals surface area contributed by atoms with Crippen LogP contribution in [0.2, 0.25) is 0 Å². The summed E-state index contributed by atoms with van der Waals surface area (Å²) in [5.74, 6) is 1.33. The zero-order chi connectivity index (χ0) is 13.1. The lowest BCUT2D eigenvalue weighted by molar-refractivity contribution is 0.194. The maximum atomic E-state index is 6.16. The highest BCUT2D eigenvalue weighted by Gasteiger charge is 2.25. The average molecular weight is 254 g/mol. The number of aromatic nitrogens is 1. The predicted octanol–water partition coefficient (Wildman–Crippen LogP) is 3.04. The number of rotatable bonds is 2. The molecule has 0 bridgehead atoms. The number of ether oxygens (including phenoxy) is 1. The van der Waals surface area contributed by atoms with Gasteiger partial charge in [0.1, 0.15) is 11.9 Å². The largest absolute Gasteiger partial charge is 0.484 e. The van der Waals surface area contributed by atoms with Crippen molar-refractivity contribution in [3.05, 3.63) is 59.9 Å². The van der Waals surface area contributed by atoms with Crippen LogP contribution >= 0.6 is 0 Å². The molecule has 1 aliphatic rings. The second-order valence-corrected chi connectivity index (χ2v) is 4.91. The molecular weight excluding hydrogens is 236 g/mol. The van der Waals surface area contributed by atoms with Crippen LogP contribution in [0, 0.1) is 0 Å². The van der Waals surface area contributed by atoms with Gasteiger partial charge >= 0.3 is 0 Å². The number of hydrogen-bond acceptors (Lipinski definition) is 3. The molecule has 2 aromatic rings. The third kappa shape index (κ3) is 2.47. The van der Waals surface area contributed by atoms with Crippen molar-refractivity contribution in [1.82, 2.24) is 4.98 Å². The molecule has 3 nitrogen and oxygen atoms in total. The molecule has 2 atom stereocenters. The van der Waals surface area contributed by atoms with E-state index in [0.29, 0.717) is 12.5 Å². The van der Waals surface area contributed by atoms with E-state index in [0.717, 1.165) is 24.3 Å². The van der Waals surface area contributed by atoms with Gasteiger partial charge in [0.2, 0.25) is 0 Å². The third-order valence-electron chi connectivity index (χ3n) is 3.71. The summed E-state index contributed by atoms with van der Waals surface area (Å²) in [6.45, 7) is 0.662. The van der Waals surface area contributed by atoms with Crippen molar-refractivity contribution >= 4 is 0 Å². The van der Waals surface area contributed by atoms with Crippen molar-refractivity contribution in [2.24, 2.45) is 5.73 Å². The lowest BCUT2D eigenvalue weighted by atomic mass is 9.93. The first-order valence-electron chi connectivity index (χ1n) is 6.75. The van der Waals surface area contributed by atoms with Crippen LogP contribution in [0.25, 0.3) is 0 Å². The van der Waals surface area contributed by atoms with Crippen molar-refractivity contribution in [3.8, 4) is 5.75 Å². The minimum Gasteiger partial charge on any atom is -0.484 e. The van der Waals surface area contributed by atoms with Gasteiger partial charge in [-0.3, -0.25) is 4.98 Å². The quantitative estimate of drug-likeness (QED) is 0.896. The van der Waals surface area contributed by atoms with Crippen LogP contribution in [0.3, 0.4) is 0 Å². The number of fused-ring (bicyclic) bond motifs is 1. The molecule has 2 N–H and O–H groups in total. The van der Waals surface area contributed by atoms with Crippen molar-refractivity contribution in [3.63, 3.8) is 0 Å². The second kappa shape index (κ2) is 5.41. The predicted molar refractivity (Wildman–Crippen MR) is 75.1 cm³/mol. The summed E-state index contributed by atoms with van der Waals surface area (Å²) >= 11 is 0. The van der Waals surface area contributed by atoms with Crippen LogP contribution in [-0.2, 0) is 0 Å². The van der Waals surface area contributed by atoms with Crippen LogP contribution in [-0.4, -0.2) is 11.5 Å². The van der Waals surface area contributed by atoms with E-state index >= 15 is 0 Å². The van der Waals surface area contributed by atoms with E-state index in [4.69, 9.17) is 10.5 Å². The third-order valence-corrected chi connectivity index (χ3v) is 3.71. The van der Waals surface area contributed by atoms with Crippen molar-refractivity contribution < 1.29 is 4.74 Å². The monoisotopic (exact) mass is 254 g/mol. The van der Waals surface area contributed by atoms with Gasteiger partial charge in [-0.1, -0.05) is 24.3 Å². The number of pyridine rings is 1. The van der Waals surface area contributed by atoms with Crippen LogP contribution in [0.15, 0.2) is 48.7 Å². The molecule has 0 fully saturated rings. The van der Waals surface area contributed by atoms with Gasteiger partial charge in [-0.05, 0) is 49.1 Å². The standard InChI is InChI=1S/C16H18N2O/c17-11-12-8-9-16(14-6-3-4-10-18-14)19-15-7-2-1-5-13(12)15/h1-7,10,12,16H,8-9,11,17H2. The minimum atomic E-state index is 0.0268. The minimum absolute atomic E-state index is 0.0268. The zero-order valence-electron chi connectivity index (χ0n) is 10.8. The molecule has 0 saturated carbocycles. The number of nitrogens with zero attached hydrogens (tertiary/aromatic N) is 1. The fraction of sp³-hybridized carbons (Fsp3) is 0.312. The highest BCUT2D eigenvalue weighted by atomic mass is 16.5. The number of benzene rings is 1. The Hall–Kier alpha value is -1.87. The first-order chi connectivity index (χ1) is 9.38. The van der Waals surface area contributed by atoms with E-state index in [1.807, 2.05) is 42.6 Å². The van der Waals surface area contributed by atoms with E-state index in [1.165, 1.54) is 5.56 Å². The first kappa shape index (κ1) is 12.2. The second-order valence-electron chi connectivity index (χ2n) is 4.91. The zero-order valence-corrected chi connectivity index (χ0v) is 10.8. The van der Waals surface area contributed by atoms with Crippen molar-refractivity contribution in [1.29, 1.82) is 0 Å². The number of para-hydroxylation sites is 1. The maximum absolute atomic E-state index is 6.16. The SMILES string of the molecule is NCC1CCC(c2ccccn2)Oc2ccccc21. The Morgan fingerprint density at radius 3 is 2.74 bits per heavy atom. The van der Waals surface area contributed by atoms with Gasteiger partial charge in [0.15, 0.2) is 0 Å². The lowest BCUT2D eigenvalue weighted by Crippen LogP contribution is -2.12. The van der Waals surface area contributed by atoms with E-state index in [2.05, 4.69) is 11.1 Å². The molecule has 1 aromatic heterocycles. The van der Waals surface area contributed by atoms with Crippen LogP contribution in [0.4, 0.5) is 0 Å². The Balaban J connectivity index is 1.94. The Kier molecular flexibility index (Phi) is 3.47. The summed E-state index contributed by atoms with van der Waals surface area (Å²) in [7, 11) is 0. The van der Waals surface area contributed by atoms with Gasteiger partial charge in [-0.15, -0.1) is 0 Å². The molecule has 0 spiro atoms. The Labute approximate surface area is 113 Å². The summed E-state index contributed by atoms with van der Waals surface area (Å²) in [6.07, 6.45) is 3.83. The summed E-state index contributed by atoms with van der Waals surface area (Å²) < 4.78 is 6.16. The first-order valence-corrected chi connectivity index (χ1v) is 6.75. The van der Waals surface area contributed by atoms with Gasteiger partial charge < -0.3 is 10.5 Å². The van der Waals surface area contributed by atoms with Crippen LogP contribution in [0.5, 0.6) is 5.75 Å². The van der Waals surface area contributed by atoms with Crippen molar-refractivity contribution in [2.45, 2.75) is 24.9 Å². The summed E-state index contributed by atoms with van der Waals surface area (Å²) in [6, 6.07) is 14.2. The van der Waals surface area contributed by atoms with Gasteiger partial charge in [0.05, 0.1) is 5.69 Å². The van der Waals surface area contributed by atoms with E-state index < -0.39 is 0 Å². The van der Waals surface area contributed by atoms with Gasteiger partial charge in [-0.2, -0.15) is 0 Å². The van der Waals surface area contributed by atoms with Gasteiger partial charge in [-0.25, -0.2) is 0 Å². The summed E-state index contributed by atoms with van der Waals surface area (Å²) in [5, 5.41) is 0. The van der Waals surface area contributed by atoms with E-state index in [9.17, 15) is 0 Å². The highest BCUT2D eigenvalue weighted by Crippen LogP contribution is 2.38. The van der Waals surface area contributed by atoms with Gasteiger partial charge in [0, 0.05) is 6.20 Å². The number of nitrogens with two attached hydrogens (primary N) is 1. The van der Waals surface area contributed by atoms with E-state index in [1.54, 1.807) is 0 Å². The smallest absolute Gasteiger partial charge is 0.141 e. The molecule has 2 heterocycles. The molecule has 0 aliphatic carbocycles. The Morgan fingerprint density at radius 1 is 1.11 bits per heavy atom. The molecule has 1 aliphatic heterocycles. The molecule has 98 valence electrons. The fourth-order valence-corrected chi connectivity index (χ4v) is 2.66. The maximum Gasteiger partial charge on any atom is 0.141 e. The Morgan fingerprint density at radius 2 is 1.95 bits per heavy atom. The van der Waals surface area contributed by atoms with E-state index in [-0.39, 0.29) is 6.10 Å². The molecule has 3 rings (SSSR count). The molecule has 0 radical (unpaired) electrons. The molecule has 1 aromatic carbocycles. The van der Waals surface area contributed by atoms with Crippen LogP contribution in [0.1, 0.15) is 36.1 Å². The molecular formula is C16H18N2O. The lowest BCUT2D eigenvalue weighted by Gasteiger charge is -2.16. The normalized spacial score (nSPS) is 22.2. The average Bonchev–Trinajstić information content (AvgIpc) is 2.67. The molecule has 0 amide bonds. The topological polar surface area (TPSA) is 48.1 Å². The number of hydrogen-bond donors (Lipinski definition) is 1. The fourth-order valence-electron chi connectivity index (χ4n) is 2.66. The van der Waals surface area contributed by atoms with Crippen LogP contribution < -0.4 is 10.5 Å². The highest BCUT2D eigenvalue weighted by molar-refractivity contribution is 5.38. The molecule has 19 heavy (non-hydrogen) atoms.